The Morgan fingerprint density at radius 2 is 1.94 bits per heavy atom. The average molecular weight is 260 g/mol. The molecule has 0 N–H and O–H groups in total. The first-order chi connectivity index (χ1) is 8.71. The summed E-state index contributed by atoms with van der Waals surface area (Å²) in [4.78, 5) is 11.2. The van der Waals surface area contributed by atoms with Crippen LogP contribution in [0.1, 0.15) is 10.4 Å². The standard InChI is InChI=1S/C14H16O3Si/c1-4-13(5-2)18-10-17-12-8-6-11(7-9-12)14(15)16-3/h4-9,13H,1-2,10H2,3H3. The van der Waals surface area contributed by atoms with E-state index in [2.05, 4.69) is 17.9 Å². The molecule has 0 spiro atoms. The van der Waals surface area contributed by atoms with E-state index in [4.69, 9.17) is 4.74 Å². The highest BCUT2D eigenvalue weighted by Gasteiger charge is 2.05. The quantitative estimate of drug-likeness (QED) is 0.429. The lowest BCUT2D eigenvalue weighted by Crippen LogP contribution is -2.10. The van der Waals surface area contributed by atoms with Gasteiger partial charge < -0.3 is 9.47 Å². The molecule has 0 saturated carbocycles. The highest BCUT2D eigenvalue weighted by atomic mass is 28.2. The molecule has 3 nitrogen and oxygen atoms in total. The van der Waals surface area contributed by atoms with Gasteiger partial charge in [-0.25, -0.2) is 4.79 Å². The van der Waals surface area contributed by atoms with Gasteiger partial charge in [-0.15, -0.1) is 13.2 Å². The molecule has 0 saturated heterocycles. The SMILES string of the molecule is C=CC(C=C)[Si]COc1ccc(C(=O)OC)cc1. The first kappa shape index (κ1) is 14.2. The van der Waals surface area contributed by atoms with Crippen LogP contribution in [0.25, 0.3) is 0 Å². The molecule has 0 aromatic heterocycles. The summed E-state index contributed by atoms with van der Waals surface area (Å²) in [5.41, 5.74) is 0.807. The third kappa shape index (κ3) is 4.22. The van der Waals surface area contributed by atoms with Crippen molar-refractivity contribution in [3.63, 3.8) is 0 Å². The van der Waals surface area contributed by atoms with E-state index in [0.29, 0.717) is 26.9 Å². The van der Waals surface area contributed by atoms with Crippen LogP contribution >= 0.6 is 0 Å². The predicted octanol–water partition coefficient (Wildman–Crippen LogP) is 2.67. The molecule has 0 fully saturated rings. The minimum atomic E-state index is -0.346. The van der Waals surface area contributed by atoms with Crippen LogP contribution in [-0.4, -0.2) is 28.8 Å². The Morgan fingerprint density at radius 3 is 2.44 bits per heavy atom. The largest absolute Gasteiger partial charge is 0.498 e. The van der Waals surface area contributed by atoms with Crippen LogP contribution in [0, 0.1) is 0 Å². The molecular formula is C14H16O3Si. The highest BCUT2D eigenvalue weighted by Crippen LogP contribution is 2.13. The van der Waals surface area contributed by atoms with Gasteiger partial charge >= 0.3 is 5.97 Å². The number of carbonyl (C=O) groups is 1. The summed E-state index contributed by atoms with van der Waals surface area (Å²) in [6, 6.07) is 6.88. The van der Waals surface area contributed by atoms with Crippen molar-refractivity contribution in [3.05, 3.63) is 55.1 Å². The van der Waals surface area contributed by atoms with Gasteiger partial charge in [0.2, 0.25) is 0 Å². The zero-order chi connectivity index (χ0) is 13.4. The number of allylic oxidation sites excluding steroid dienone is 2. The van der Waals surface area contributed by atoms with Crippen molar-refractivity contribution in [1.82, 2.24) is 0 Å². The molecule has 0 heterocycles. The van der Waals surface area contributed by atoms with Gasteiger partial charge in [-0.1, -0.05) is 12.2 Å². The Morgan fingerprint density at radius 1 is 1.33 bits per heavy atom. The Labute approximate surface area is 110 Å². The van der Waals surface area contributed by atoms with Crippen LogP contribution < -0.4 is 4.74 Å². The van der Waals surface area contributed by atoms with Crippen LogP contribution in [0.3, 0.4) is 0 Å². The van der Waals surface area contributed by atoms with Gasteiger partial charge in [-0.05, 0) is 29.8 Å². The van der Waals surface area contributed by atoms with E-state index >= 15 is 0 Å². The second-order valence-electron chi connectivity index (χ2n) is 3.51. The monoisotopic (exact) mass is 260 g/mol. The van der Waals surface area contributed by atoms with E-state index in [1.807, 2.05) is 12.2 Å². The van der Waals surface area contributed by atoms with Gasteiger partial charge in [0, 0.05) is 0 Å². The third-order valence-corrected chi connectivity index (χ3v) is 3.59. The van der Waals surface area contributed by atoms with Gasteiger partial charge in [0.05, 0.1) is 18.9 Å². The number of carbonyl (C=O) groups excluding carboxylic acids is 1. The number of ether oxygens (including phenoxy) is 2. The second kappa shape index (κ2) is 7.50. The van der Waals surface area contributed by atoms with Crippen molar-refractivity contribution in [2.75, 3.05) is 13.3 Å². The molecule has 0 atom stereocenters. The third-order valence-electron chi connectivity index (χ3n) is 2.34. The van der Waals surface area contributed by atoms with Crippen LogP contribution in [-0.2, 0) is 4.74 Å². The maximum atomic E-state index is 11.2. The summed E-state index contributed by atoms with van der Waals surface area (Å²) in [7, 11) is 1.95. The normalized spacial score (nSPS) is 9.89. The molecule has 1 aromatic carbocycles. The Bertz CT molecular complexity index is 404. The minimum Gasteiger partial charge on any atom is -0.498 e. The summed E-state index contributed by atoms with van der Waals surface area (Å²) < 4.78 is 10.2. The zero-order valence-corrected chi connectivity index (χ0v) is 11.4. The summed E-state index contributed by atoms with van der Waals surface area (Å²) in [5, 5.41) is 0. The van der Waals surface area contributed by atoms with Crippen LogP contribution in [0.5, 0.6) is 5.75 Å². The molecule has 0 aliphatic heterocycles. The number of esters is 1. The van der Waals surface area contributed by atoms with E-state index in [9.17, 15) is 4.79 Å². The van der Waals surface area contributed by atoms with Gasteiger partial charge in [-0.3, -0.25) is 0 Å². The van der Waals surface area contributed by atoms with Gasteiger partial charge in [0.15, 0.2) is 0 Å². The lowest BCUT2D eigenvalue weighted by atomic mass is 10.2. The van der Waals surface area contributed by atoms with E-state index in [0.717, 1.165) is 5.75 Å². The fourth-order valence-corrected chi connectivity index (χ4v) is 2.06. The fraction of sp³-hybridized carbons (Fsp3) is 0.214. The molecule has 94 valence electrons. The van der Waals surface area contributed by atoms with Crippen LogP contribution in [0.2, 0.25) is 5.54 Å². The summed E-state index contributed by atoms with van der Waals surface area (Å²) in [6.07, 6.45) is 4.32. The molecule has 4 heteroatoms. The summed E-state index contributed by atoms with van der Waals surface area (Å²) in [5.74, 6) is 0.392. The Hall–Kier alpha value is -1.81. The molecule has 1 rings (SSSR count). The molecule has 0 aliphatic rings. The van der Waals surface area contributed by atoms with Crippen molar-refractivity contribution in [2.24, 2.45) is 0 Å². The molecule has 0 aliphatic carbocycles. The zero-order valence-electron chi connectivity index (χ0n) is 10.4. The Balaban J connectivity index is 2.46. The van der Waals surface area contributed by atoms with Gasteiger partial charge in [0.1, 0.15) is 15.3 Å². The topological polar surface area (TPSA) is 35.5 Å². The lowest BCUT2D eigenvalue weighted by molar-refractivity contribution is 0.0600. The van der Waals surface area contributed by atoms with Crippen LogP contribution in [0.4, 0.5) is 0 Å². The van der Waals surface area contributed by atoms with E-state index in [-0.39, 0.29) is 5.97 Å². The van der Waals surface area contributed by atoms with E-state index in [1.54, 1.807) is 24.3 Å². The summed E-state index contributed by atoms with van der Waals surface area (Å²) in [6.45, 7) is 7.45. The van der Waals surface area contributed by atoms with Gasteiger partial charge in [-0.2, -0.15) is 0 Å². The van der Waals surface area contributed by atoms with Crippen molar-refractivity contribution >= 4 is 15.5 Å². The van der Waals surface area contributed by atoms with Crippen molar-refractivity contribution in [3.8, 4) is 5.75 Å². The fourth-order valence-electron chi connectivity index (χ4n) is 1.29. The Kier molecular flexibility index (Phi) is 5.94. The molecule has 18 heavy (non-hydrogen) atoms. The number of methoxy groups -OCH3 is 1. The van der Waals surface area contributed by atoms with Crippen molar-refractivity contribution < 1.29 is 14.3 Å². The minimum absolute atomic E-state index is 0.291. The molecule has 1 aromatic rings. The highest BCUT2D eigenvalue weighted by molar-refractivity contribution is 6.39. The maximum Gasteiger partial charge on any atom is 0.337 e. The van der Waals surface area contributed by atoms with E-state index < -0.39 is 0 Å². The molecule has 0 unspecified atom stereocenters. The van der Waals surface area contributed by atoms with Crippen molar-refractivity contribution in [2.45, 2.75) is 5.54 Å². The molecular weight excluding hydrogens is 244 g/mol. The van der Waals surface area contributed by atoms with Gasteiger partial charge in [0.25, 0.3) is 0 Å². The second-order valence-corrected chi connectivity index (χ2v) is 4.87. The van der Waals surface area contributed by atoms with Crippen molar-refractivity contribution in [1.29, 1.82) is 0 Å². The summed E-state index contributed by atoms with van der Waals surface area (Å²) >= 11 is 0. The molecule has 2 radical (unpaired) electrons. The average Bonchev–Trinajstić information content (AvgIpc) is 2.43. The number of hydrogen-bond acceptors (Lipinski definition) is 3. The smallest absolute Gasteiger partial charge is 0.337 e. The first-order valence-corrected chi connectivity index (χ1v) is 6.79. The number of benzene rings is 1. The van der Waals surface area contributed by atoms with E-state index in [1.165, 1.54) is 7.11 Å². The molecule has 0 bridgehead atoms. The first-order valence-electron chi connectivity index (χ1n) is 5.51. The lowest BCUT2D eigenvalue weighted by Gasteiger charge is -2.08. The number of hydrogen-bond donors (Lipinski definition) is 0. The molecule has 0 amide bonds. The number of rotatable bonds is 7. The predicted molar refractivity (Wildman–Crippen MR) is 73.2 cm³/mol. The maximum absolute atomic E-state index is 11.2. The van der Waals surface area contributed by atoms with Crippen LogP contribution in [0.15, 0.2) is 49.6 Å².